The fourth-order valence-corrected chi connectivity index (χ4v) is 5.17. The van der Waals surface area contributed by atoms with E-state index in [1.807, 2.05) is 0 Å². The largest absolute Gasteiger partial charge is 0.456 e. The number of esters is 1. The summed E-state index contributed by atoms with van der Waals surface area (Å²) in [6.45, 7) is 0.231. The van der Waals surface area contributed by atoms with Gasteiger partial charge in [-0.15, -0.1) is 0 Å². The number of hydrogen-bond acceptors (Lipinski definition) is 14. The first kappa shape index (κ1) is 35.6. The Morgan fingerprint density at radius 2 is 1.89 bits per heavy atom. The van der Waals surface area contributed by atoms with E-state index in [2.05, 4.69) is 10.6 Å². The maximum atomic E-state index is 13.2. The van der Waals surface area contributed by atoms with Gasteiger partial charge >= 0.3 is 5.97 Å². The van der Waals surface area contributed by atoms with E-state index < -0.39 is 85.6 Å². The molecule has 1 aromatic carbocycles. The number of carbonyl (C=O) groups is 3. The molecule has 1 aliphatic carbocycles. The highest BCUT2D eigenvalue weighted by atomic mass is 16.7. The quantitative estimate of drug-likeness (QED) is 0.0997. The molecule has 0 spiro atoms. The highest BCUT2D eigenvalue weighted by molar-refractivity contribution is 5.97. The lowest BCUT2D eigenvalue weighted by Crippen LogP contribution is -2.59. The molecule has 0 radical (unpaired) electrons. The van der Waals surface area contributed by atoms with E-state index in [0.717, 1.165) is 0 Å². The van der Waals surface area contributed by atoms with Crippen molar-refractivity contribution in [3.8, 4) is 0 Å². The van der Waals surface area contributed by atoms with Crippen LogP contribution < -0.4 is 10.6 Å². The standard InChI is InChI=1S/C30H40N2O14/c1-15(35)22(28(40)31-7-8-33)32-27(39)18-11-19-26(44-14-43-19)20(12-18)45-29(41)17-6-2-4-16(10-17)5-3-9-42-30-25(38)24(37)23(36)21(13-34)46-30/h2-6,10-11,15,19-26,30,33-38H,7-9,12-14H2,1H3,(H,31,40)(H,32,39)/t15-,19+,20+,21+,22+,23-,24-,25+,26+,30-/m0/s1. The average Bonchev–Trinajstić information content (AvgIpc) is 3.53. The Kier molecular flexibility index (Phi) is 12.8. The minimum absolute atomic E-state index is 0.0538. The van der Waals surface area contributed by atoms with Crippen LogP contribution in [-0.2, 0) is 33.3 Å². The van der Waals surface area contributed by atoms with Gasteiger partial charge in [-0.1, -0.05) is 24.3 Å². The number of hydrogen-bond donors (Lipinski definition) is 8. The van der Waals surface area contributed by atoms with Gasteiger partial charge < -0.3 is 65.0 Å². The summed E-state index contributed by atoms with van der Waals surface area (Å²) >= 11 is 0. The zero-order chi connectivity index (χ0) is 33.4. The zero-order valence-electron chi connectivity index (χ0n) is 25.0. The third-order valence-electron chi connectivity index (χ3n) is 7.65. The SMILES string of the molecule is C[C@H](O)[C@@H](NC(=O)C1=C[C@H]2OCO[C@H]2[C@H](OC(=O)c2cccc(C=CCO[C@H]3O[C@H](CO)[C@H](O)[C@H](O)[C@H]3O)c2)C1)C(=O)NCCO. The lowest BCUT2D eigenvalue weighted by molar-refractivity contribution is -0.298. The Labute approximate surface area is 264 Å². The molecule has 0 aromatic heterocycles. The van der Waals surface area contributed by atoms with E-state index in [1.165, 1.54) is 19.1 Å². The molecule has 16 nitrogen and oxygen atoms in total. The van der Waals surface area contributed by atoms with Crippen LogP contribution in [-0.4, -0.2) is 143 Å². The third-order valence-corrected chi connectivity index (χ3v) is 7.65. The second-order valence-electron chi connectivity index (χ2n) is 11.0. The lowest BCUT2D eigenvalue weighted by Gasteiger charge is -2.39. The number of rotatable bonds is 13. The number of ether oxygens (including phenoxy) is 5. The molecule has 10 atom stereocenters. The van der Waals surface area contributed by atoms with E-state index in [1.54, 1.807) is 30.4 Å². The van der Waals surface area contributed by atoms with E-state index in [9.17, 15) is 39.9 Å². The first-order valence-electron chi connectivity index (χ1n) is 14.7. The zero-order valence-corrected chi connectivity index (χ0v) is 25.0. The molecule has 2 fully saturated rings. The Bertz CT molecular complexity index is 1270. The van der Waals surface area contributed by atoms with Gasteiger partial charge in [0.25, 0.3) is 0 Å². The predicted molar refractivity (Wildman–Crippen MR) is 155 cm³/mol. The van der Waals surface area contributed by atoms with Crippen LogP contribution in [0.4, 0.5) is 0 Å². The molecule has 16 heteroatoms. The van der Waals surface area contributed by atoms with Crippen molar-refractivity contribution in [2.75, 3.05) is 33.2 Å². The van der Waals surface area contributed by atoms with Gasteiger partial charge in [0, 0.05) is 18.5 Å². The topological polar surface area (TPSA) is 243 Å². The molecule has 0 saturated carbocycles. The molecule has 2 aliphatic heterocycles. The summed E-state index contributed by atoms with van der Waals surface area (Å²) in [5.74, 6) is -2.04. The molecule has 0 unspecified atom stereocenters. The number of nitrogens with one attached hydrogen (secondary N) is 2. The molecule has 3 aliphatic rings. The summed E-state index contributed by atoms with van der Waals surface area (Å²) in [7, 11) is 0. The van der Waals surface area contributed by atoms with Crippen LogP contribution in [0.1, 0.15) is 29.3 Å². The first-order valence-corrected chi connectivity index (χ1v) is 14.7. The Morgan fingerprint density at radius 1 is 1.11 bits per heavy atom. The van der Waals surface area contributed by atoms with Gasteiger partial charge in [-0.3, -0.25) is 9.59 Å². The normalized spacial score (nSPS) is 30.6. The van der Waals surface area contributed by atoms with Crippen LogP contribution in [0.3, 0.4) is 0 Å². The van der Waals surface area contributed by atoms with Gasteiger partial charge in [0.2, 0.25) is 11.8 Å². The second-order valence-corrected chi connectivity index (χ2v) is 11.0. The smallest absolute Gasteiger partial charge is 0.338 e. The number of carbonyl (C=O) groups excluding carboxylic acids is 3. The number of benzene rings is 1. The molecule has 2 heterocycles. The Morgan fingerprint density at radius 3 is 2.61 bits per heavy atom. The number of amides is 2. The highest BCUT2D eigenvalue weighted by Crippen LogP contribution is 2.31. The van der Waals surface area contributed by atoms with Gasteiger partial charge in [0.1, 0.15) is 55.6 Å². The molecule has 1 aromatic rings. The summed E-state index contributed by atoms with van der Waals surface area (Å²) in [5, 5.41) is 63.1. The first-order chi connectivity index (χ1) is 22.0. The minimum Gasteiger partial charge on any atom is -0.456 e. The summed E-state index contributed by atoms with van der Waals surface area (Å²) in [6, 6.07) is 5.15. The fourth-order valence-electron chi connectivity index (χ4n) is 5.17. The van der Waals surface area contributed by atoms with Gasteiger partial charge in [-0.25, -0.2) is 4.79 Å². The maximum Gasteiger partial charge on any atom is 0.338 e. The summed E-state index contributed by atoms with van der Waals surface area (Å²) < 4.78 is 27.7. The molecule has 0 bridgehead atoms. The van der Waals surface area contributed by atoms with Crippen molar-refractivity contribution in [1.29, 1.82) is 0 Å². The molecule has 2 saturated heterocycles. The van der Waals surface area contributed by atoms with E-state index in [0.29, 0.717) is 5.56 Å². The number of aliphatic hydroxyl groups excluding tert-OH is 6. The second kappa shape index (κ2) is 16.5. The van der Waals surface area contributed by atoms with Gasteiger partial charge in [-0.2, -0.15) is 0 Å². The monoisotopic (exact) mass is 652 g/mol. The van der Waals surface area contributed by atoms with E-state index in [4.69, 9.17) is 28.8 Å². The van der Waals surface area contributed by atoms with Crippen molar-refractivity contribution in [2.45, 2.75) is 74.5 Å². The van der Waals surface area contributed by atoms with Crippen molar-refractivity contribution in [3.05, 3.63) is 53.1 Å². The number of fused-ring (bicyclic) bond motifs is 1. The van der Waals surface area contributed by atoms with Crippen LogP contribution in [0.5, 0.6) is 0 Å². The summed E-state index contributed by atoms with van der Waals surface area (Å²) in [6.07, 6.45) is -5.82. The Hall–Kier alpha value is -3.29. The maximum absolute atomic E-state index is 13.2. The molecule has 254 valence electrons. The van der Waals surface area contributed by atoms with Crippen LogP contribution in [0.2, 0.25) is 0 Å². The van der Waals surface area contributed by atoms with Crippen molar-refractivity contribution in [3.63, 3.8) is 0 Å². The minimum atomic E-state index is -1.56. The van der Waals surface area contributed by atoms with Crippen molar-refractivity contribution in [1.82, 2.24) is 10.6 Å². The highest BCUT2D eigenvalue weighted by Gasteiger charge is 2.44. The van der Waals surface area contributed by atoms with E-state index >= 15 is 0 Å². The van der Waals surface area contributed by atoms with Gasteiger partial charge in [-0.05, 0) is 30.7 Å². The molecule has 4 rings (SSSR count). The summed E-state index contributed by atoms with van der Waals surface area (Å²) in [4.78, 5) is 38.6. The molecular weight excluding hydrogens is 612 g/mol. The molecule has 2 amide bonds. The molecular formula is C30H40N2O14. The van der Waals surface area contributed by atoms with Crippen molar-refractivity contribution >= 4 is 23.9 Å². The predicted octanol–water partition coefficient (Wildman–Crippen LogP) is -2.91. The summed E-state index contributed by atoms with van der Waals surface area (Å²) in [5.41, 5.74) is 0.960. The van der Waals surface area contributed by atoms with Crippen LogP contribution in [0.15, 0.2) is 42.0 Å². The average molecular weight is 653 g/mol. The lowest BCUT2D eigenvalue weighted by atomic mass is 9.91. The van der Waals surface area contributed by atoms with Gasteiger partial charge in [0.05, 0.1) is 31.5 Å². The third kappa shape index (κ3) is 8.74. The van der Waals surface area contributed by atoms with Crippen LogP contribution in [0, 0.1) is 0 Å². The van der Waals surface area contributed by atoms with Crippen molar-refractivity contribution in [2.24, 2.45) is 0 Å². The van der Waals surface area contributed by atoms with Gasteiger partial charge in [0.15, 0.2) is 6.29 Å². The van der Waals surface area contributed by atoms with Crippen LogP contribution >= 0.6 is 0 Å². The molecule has 46 heavy (non-hydrogen) atoms. The number of aliphatic hydroxyl groups is 6. The van der Waals surface area contributed by atoms with Crippen LogP contribution in [0.25, 0.3) is 6.08 Å². The fraction of sp³-hybridized carbons (Fsp3) is 0.567. The Balaban J connectivity index is 1.36. The van der Waals surface area contributed by atoms with Crippen molar-refractivity contribution < 1.29 is 68.7 Å². The van der Waals surface area contributed by atoms with E-state index in [-0.39, 0.29) is 44.1 Å². The molecule has 8 N–H and O–H groups in total.